The lowest BCUT2D eigenvalue weighted by atomic mass is 10.0. The summed E-state index contributed by atoms with van der Waals surface area (Å²) in [5.41, 5.74) is 0. The molecule has 1 aromatic heterocycles. The Morgan fingerprint density at radius 2 is 2.20 bits per heavy atom. The van der Waals surface area contributed by atoms with E-state index in [4.69, 9.17) is 0 Å². The van der Waals surface area contributed by atoms with Crippen LogP contribution in [0.25, 0.3) is 0 Å². The number of rotatable bonds is 5. The molecule has 20 heavy (non-hydrogen) atoms. The molecule has 1 atom stereocenters. The number of aliphatic carboxylic acids is 1. The van der Waals surface area contributed by atoms with Gasteiger partial charge >= 0.3 is 5.97 Å². The predicted molar refractivity (Wildman–Crippen MR) is 79.0 cm³/mol. The molecule has 5 heteroatoms. The van der Waals surface area contributed by atoms with Gasteiger partial charge in [0.1, 0.15) is 6.04 Å². The summed E-state index contributed by atoms with van der Waals surface area (Å²) in [6, 6.07) is 3.58. The Morgan fingerprint density at radius 1 is 1.40 bits per heavy atom. The summed E-state index contributed by atoms with van der Waals surface area (Å²) in [7, 11) is 0. The zero-order valence-corrected chi connectivity index (χ0v) is 12.6. The highest BCUT2D eigenvalue weighted by atomic mass is 32.1. The van der Waals surface area contributed by atoms with Gasteiger partial charge in [-0.15, -0.1) is 11.3 Å². The standard InChI is InChI=1S/C15H21NO3S/c1-11-8-9-12(20-11)5-4-7-14(17)16-10-3-2-6-13(16)15(18)19/h8-9,13H,2-7,10H2,1H3,(H,18,19)/t13-/m1/s1. The molecule has 2 rings (SSSR count). The average Bonchev–Trinajstić information content (AvgIpc) is 2.84. The molecule has 0 unspecified atom stereocenters. The van der Waals surface area contributed by atoms with Crippen LogP contribution in [0.1, 0.15) is 41.9 Å². The van der Waals surface area contributed by atoms with Crippen molar-refractivity contribution in [3.8, 4) is 0 Å². The van der Waals surface area contributed by atoms with Gasteiger partial charge in [-0.2, -0.15) is 0 Å². The van der Waals surface area contributed by atoms with Crippen LogP contribution in [0.3, 0.4) is 0 Å². The highest BCUT2D eigenvalue weighted by Gasteiger charge is 2.31. The van der Waals surface area contributed by atoms with Gasteiger partial charge in [0.15, 0.2) is 0 Å². The van der Waals surface area contributed by atoms with Gasteiger partial charge < -0.3 is 10.0 Å². The molecule has 0 aromatic carbocycles. The molecule has 0 aliphatic carbocycles. The van der Waals surface area contributed by atoms with Crippen LogP contribution >= 0.6 is 11.3 Å². The Kier molecular flexibility index (Phi) is 5.17. The lowest BCUT2D eigenvalue weighted by Crippen LogP contribution is -2.47. The first-order valence-electron chi connectivity index (χ1n) is 7.15. The van der Waals surface area contributed by atoms with Crippen LogP contribution in [-0.2, 0) is 16.0 Å². The number of nitrogens with zero attached hydrogens (tertiary/aromatic N) is 1. The zero-order valence-electron chi connectivity index (χ0n) is 11.8. The minimum Gasteiger partial charge on any atom is -0.480 e. The Balaban J connectivity index is 1.82. The van der Waals surface area contributed by atoms with E-state index in [1.807, 2.05) is 0 Å². The molecule has 1 aromatic rings. The largest absolute Gasteiger partial charge is 0.480 e. The Bertz CT molecular complexity index is 483. The van der Waals surface area contributed by atoms with E-state index in [1.54, 1.807) is 16.2 Å². The quantitative estimate of drug-likeness (QED) is 0.908. The van der Waals surface area contributed by atoms with Gasteiger partial charge in [0.05, 0.1) is 0 Å². The maximum Gasteiger partial charge on any atom is 0.326 e. The molecule has 110 valence electrons. The van der Waals surface area contributed by atoms with Crippen molar-refractivity contribution in [2.75, 3.05) is 6.54 Å². The summed E-state index contributed by atoms with van der Waals surface area (Å²) >= 11 is 1.76. The first kappa shape index (κ1) is 15.0. The number of amides is 1. The van der Waals surface area contributed by atoms with Gasteiger partial charge in [0, 0.05) is 22.7 Å². The van der Waals surface area contributed by atoms with Crippen molar-refractivity contribution in [3.63, 3.8) is 0 Å². The molecule has 0 saturated carbocycles. The molecule has 4 nitrogen and oxygen atoms in total. The molecule has 1 saturated heterocycles. The molecule has 0 spiro atoms. The normalized spacial score (nSPS) is 19.1. The Hall–Kier alpha value is -1.36. The summed E-state index contributed by atoms with van der Waals surface area (Å²) in [6.07, 6.45) is 4.54. The zero-order chi connectivity index (χ0) is 14.5. The number of hydrogen-bond acceptors (Lipinski definition) is 3. The monoisotopic (exact) mass is 295 g/mol. The molecule has 1 fully saturated rings. The van der Waals surface area contributed by atoms with Crippen LogP contribution in [0.5, 0.6) is 0 Å². The van der Waals surface area contributed by atoms with Gasteiger partial charge in [-0.1, -0.05) is 0 Å². The highest BCUT2D eigenvalue weighted by Crippen LogP contribution is 2.20. The number of thiophene rings is 1. The Labute approximate surface area is 123 Å². The van der Waals surface area contributed by atoms with Gasteiger partial charge in [-0.05, 0) is 51.2 Å². The van der Waals surface area contributed by atoms with Gasteiger partial charge in [-0.25, -0.2) is 4.79 Å². The second-order valence-electron chi connectivity index (χ2n) is 5.30. The third kappa shape index (κ3) is 3.82. The predicted octanol–water partition coefficient (Wildman–Crippen LogP) is 2.84. The van der Waals surface area contributed by atoms with Crippen LogP contribution in [0.4, 0.5) is 0 Å². The number of hydrogen-bond donors (Lipinski definition) is 1. The molecule has 0 bridgehead atoms. The van der Waals surface area contributed by atoms with Crippen molar-refractivity contribution < 1.29 is 14.7 Å². The number of carbonyl (C=O) groups is 2. The second kappa shape index (κ2) is 6.88. The molecule has 1 aliphatic rings. The van der Waals surface area contributed by atoms with E-state index in [1.165, 1.54) is 9.75 Å². The van der Waals surface area contributed by atoms with E-state index in [2.05, 4.69) is 19.1 Å². The fourth-order valence-corrected chi connectivity index (χ4v) is 3.60. The van der Waals surface area contributed by atoms with Crippen molar-refractivity contribution >= 4 is 23.2 Å². The first-order chi connectivity index (χ1) is 9.58. The van der Waals surface area contributed by atoms with E-state index < -0.39 is 12.0 Å². The summed E-state index contributed by atoms with van der Waals surface area (Å²) in [5.74, 6) is -0.877. The van der Waals surface area contributed by atoms with Crippen molar-refractivity contribution in [2.45, 2.75) is 51.5 Å². The van der Waals surface area contributed by atoms with Crippen molar-refractivity contribution in [1.82, 2.24) is 4.90 Å². The molecule has 1 amide bonds. The maximum atomic E-state index is 12.2. The molecule has 2 heterocycles. The molecule has 1 N–H and O–H groups in total. The van der Waals surface area contributed by atoms with Gasteiger partial charge in [0.2, 0.25) is 5.91 Å². The van der Waals surface area contributed by atoms with Crippen LogP contribution < -0.4 is 0 Å². The third-order valence-corrected chi connectivity index (χ3v) is 4.78. The smallest absolute Gasteiger partial charge is 0.326 e. The van der Waals surface area contributed by atoms with E-state index in [0.29, 0.717) is 19.4 Å². The van der Waals surface area contributed by atoms with E-state index in [-0.39, 0.29) is 5.91 Å². The van der Waals surface area contributed by atoms with Gasteiger partial charge in [-0.3, -0.25) is 4.79 Å². The van der Waals surface area contributed by atoms with E-state index >= 15 is 0 Å². The summed E-state index contributed by atoms with van der Waals surface area (Å²) in [5, 5.41) is 9.17. The summed E-state index contributed by atoms with van der Waals surface area (Å²) < 4.78 is 0. The SMILES string of the molecule is Cc1ccc(CCCC(=O)N2CCCC[C@@H]2C(=O)O)s1. The summed E-state index contributed by atoms with van der Waals surface area (Å²) in [4.78, 5) is 27.5. The number of carbonyl (C=O) groups excluding carboxylic acids is 1. The third-order valence-electron chi connectivity index (χ3n) is 3.72. The van der Waals surface area contributed by atoms with E-state index in [0.717, 1.165) is 25.7 Å². The van der Waals surface area contributed by atoms with Crippen LogP contribution in [0.15, 0.2) is 12.1 Å². The fraction of sp³-hybridized carbons (Fsp3) is 0.600. The van der Waals surface area contributed by atoms with Crippen molar-refractivity contribution in [1.29, 1.82) is 0 Å². The number of likely N-dealkylation sites (tertiary alicyclic amines) is 1. The molecule has 0 radical (unpaired) electrons. The molecule has 1 aliphatic heterocycles. The number of carboxylic acid groups (broad SMARTS) is 1. The topological polar surface area (TPSA) is 57.6 Å². The van der Waals surface area contributed by atoms with E-state index in [9.17, 15) is 14.7 Å². The maximum absolute atomic E-state index is 12.2. The molecular formula is C15H21NO3S. The second-order valence-corrected chi connectivity index (χ2v) is 6.68. The minimum atomic E-state index is -0.869. The highest BCUT2D eigenvalue weighted by molar-refractivity contribution is 7.11. The number of piperidine rings is 1. The van der Waals surface area contributed by atoms with Crippen LogP contribution in [0.2, 0.25) is 0 Å². The Morgan fingerprint density at radius 3 is 2.85 bits per heavy atom. The minimum absolute atomic E-state index is 0.00891. The first-order valence-corrected chi connectivity index (χ1v) is 7.97. The number of carboxylic acids is 1. The van der Waals surface area contributed by atoms with Crippen LogP contribution in [0, 0.1) is 6.92 Å². The number of aryl methyl sites for hydroxylation is 2. The lowest BCUT2D eigenvalue weighted by Gasteiger charge is -2.33. The summed E-state index contributed by atoms with van der Waals surface area (Å²) in [6.45, 7) is 2.67. The lowest BCUT2D eigenvalue weighted by molar-refractivity contribution is -0.152. The molecular weight excluding hydrogens is 274 g/mol. The van der Waals surface area contributed by atoms with Crippen molar-refractivity contribution in [2.24, 2.45) is 0 Å². The van der Waals surface area contributed by atoms with Crippen molar-refractivity contribution in [3.05, 3.63) is 21.9 Å². The van der Waals surface area contributed by atoms with Gasteiger partial charge in [0.25, 0.3) is 0 Å². The average molecular weight is 295 g/mol. The van der Waals surface area contributed by atoms with Crippen LogP contribution in [-0.4, -0.2) is 34.5 Å². The fourth-order valence-electron chi connectivity index (χ4n) is 2.66.